The monoisotopic (exact) mass is 546 g/mol. The Hall–Kier alpha value is -2.76. The van der Waals surface area contributed by atoms with Crippen LogP contribution in [-0.4, -0.2) is 87.2 Å². The molecule has 210 valence electrons. The van der Waals surface area contributed by atoms with Crippen LogP contribution in [-0.2, 0) is 14.8 Å². The summed E-state index contributed by atoms with van der Waals surface area (Å²) < 4.78 is 32.7. The number of methoxy groups -OCH3 is 1. The molecule has 0 bridgehead atoms. The van der Waals surface area contributed by atoms with Crippen LogP contribution in [0.25, 0.3) is 0 Å². The summed E-state index contributed by atoms with van der Waals surface area (Å²) in [5.41, 5.74) is 1.20. The van der Waals surface area contributed by atoms with Crippen LogP contribution in [0.5, 0.6) is 5.75 Å². The fraction of sp³-hybridized carbons (Fsp3) is 0.593. The van der Waals surface area contributed by atoms with E-state index in [1.807, 2.05) is 6.07 Å². The lowest BCUT2D eigenvalue weighted by atomic mass is 9.96. The summed E-state index contributed by atoms with van der Waals surface area (Å²) in [7, 11) is -0.743. The van der Waals surface area contributed by atoms with Crippen LogP contribution in [0.15, 0.2) is 29.2 Å². The number of hydrogen-bond acceptors (Lipinski definition) is 8. The maximum Gasteiger partial charge on any atom is 0.243 e. The molecule has 3 rings (SSSR count). The zero-order chi connectivity index (χ0) is 27.9. The van der Waals surface area contributed by atoms with Gasteiger partial charge in [-0.05, 0) is 81.1 Å². The third-order valence-corrected chi connectivity index (χ3v) is 9.42. The van der Waals surface area contributed by atoms with Gasteiger partial charge in [-0.1, -0.05) is 13.8 Å². The van der Waals surface area contributed by atoms with Gasteiger partial charge in [0.15, 0.2) is 11.6 Å². The minimum atomic E-state index is -3.76. The molecule has 1 N–H and O–H groups in total. The highest BCUT2D eigenvalue weighted by Crippen LogP contribution is 2.28. The van der Waals surface area contributed by atoms with Gasteiger partial charge < -0.3 is 19.9 Å². The Morgan fingerprint density at radius 1 is 1.11 bits per heavy atom. The smallest absolute Gasteiger partial charge is 0.243 e. The fourth-order valence-corrected chi connectivity index (χ4v) is 6.50. The Labute approximate surface area is 227 Å². The van der Waals surface area contributed by atoms with E-state index in [4.69, 9.17) is 4.74 Å². The first kappa shape index (κ1) is 29.8. The maximum absolute atomic E-state index is 13.2. The second-order valence-electron chi connectivity index (χ2n) is 9.91. The predicted octanol–water partition coefficient (Wildman–Crippen LogP) is 3.31. The minimum absolute atomic E-state index is 0.00649. The van der Waals surface area contributed by atoms with Crippen LogP contribution in [0.3, 0.4) is 0 Å². The minimum Gasteiger partial charge on any atom is -0.497 e. The van der Waals surface area contributed by atoms with Gasteiger partial charge in [0.1, 0.15) is 5.75 Å². The topological polar surface area (TPSA) is 108 Å². The number of anilines is 2. The lowest BCUT2D eigenvalue weighted by molar-refractivity contribution is -0.116. The van der Waals surface area contributed by atoms with Gasteiger partial charge in [0.25, 0.3) is 0 Å². The Morgan fingerprint density at radius 3 is 2.26 bits per heavy atom. The van der Waals surface area contributed by atoms with E-state index in [1.54, 1.807) is 39.2 Å². The molecule has 0 saturated carbocycles. The molecule has 11 heteroatoms. The number of rotatable bonds is 12. The summed E-state index contributed by atoms with van der Waals surface area (Å²) in [5.74, 6) is 2.14. The SMILES string of the molecule is CCN(CC)CC1CCN(c2ccc(NC(=O)CCN(C)S(=O)(=O)c3c(C)cc(OC)cc3C)nn2)CC1. The Morgan fingerprint density at radius 2 is 1.74 bits per heavy atom. The number of aromatic nitrogens is 2. The van der Waals surface area contributed by atoms with Crippen molar-refractivity contribution in [3.05, 3.63) is 35.4 Å². The zero-order valence-electron chi connectivity index (χ0n) is 23.5. The van der Waals surface area contributed by atoms with Crippen LogP contribution in [0.4, 0.5) is 11.6 Å². The number of ether oxygens (including phenoxy) is 1. The average Bonchev–Trinajstić information content (AvgIpc) is 2.90. The van der Waals surface area contributed by atoms with E-state index in [-0.39, 0.29) is 23.8 Å². The molecule has 1 aromatic heterocycles. The van der Waals surface area contributed by atoms with Crippen LogP contribution in [0.1, 0.15) is 44.2 Å². The molecule has 1 amide bonds. The summed E-state index contributed by atoms with van der Waals surface area (Å²) in [6.07, 6.45) is 2.25. The number of carbonyl (C=O) groups is 1. The molecule has 0 radical (unpaired) electrons. The first-order valence-corrected chi connectivity index (χ1v) is 14.7. The molecule has 10 nitrogen and oxygen atoms in total. The third-order valence-electron chi connectivity index (χ3n) is 7.26. The molecule has 2 aromatic rings. The lowest BCUT2D eigenvalue weighted by Crippen LogP contribution is -2.39. The van der Waals surface area contributed by atoms with E-state index >= 15 is 0 Å². The fourth-order valence-electron chi connectivity index (χ4n) is 4.93. The molecule has 0 atom stereocenters. The van der Waals surface area contributed by atoms with Crippen molar-refractivity contribution >= 4 is 27.6 Å². The summed E-state index contributed by atoms with van der Waals surface area (Å²) in [5, 5.41) is 11.2. The summed E-state index contributed by atoms with van der Waals surface area (Å²) in [4.78, 5) is 17.5. The molecule has 0 unspecified atom stereocenters. The van der Waals surface area contributed by atoms with E-state index in [0.717, 1.165) is 51.4 Å². The van der Waals surface area contributed by atoms with Crippen molar-refractivity contribution in [1.29, 1.82) is 0 Å². The molecule has 38 heavy (non-hydrogen) atoms. The van der Waals surface area contributed by atoms with Gasteiger partial charge in [-0.15, -0.1) is 10.2 Å². The van der Waals surface area contributed by atoms with Crippen molar-refractivity contribution in [3.8, 4) is 5.75 Å². The van der Waals surface area contributed by atoms with E-state index in [9.17, 15) is 13.2 Å². The van der Waals surface area contributed by atoms with Crippen LogP contribution >= 0.6 is 0 Å². The molecule has 1 aromatic carbocycles. The third kappa shape index (κ3) is 7.42. The number of nitrogens with zero attached hydrogens (tertiary/aromatic N) is 5. The van der Waals surface area contributed by atoms with Crippen molar-refractivity contribution in [2.24, 2.45) is 5.92 Å². The number of nitrogens with one attached hydrogen (secondary N) is 1. The number of hydrogen-bond donors (Lipinski definition) is 1. The first-order valence-electron chi connectivity index (χ1n) is 13.3. The second-order valence-corrected chi connectivity index (χ2v) is 11.9. The number of carbonyl (C=O) groups excluding carboxylic acids is 1. The van der Waals surface area contributed by atoms with Gasteiger partial charge in [0.2, 0.25) is 15.9 Å². The molecule has 2 heterocycles. The Kier molecular flexibility index (Phi) is 10.5. The maximum atomic E-state index is 13.2. The second kappa shape index (κ2) is 13.3. The van der Waals surface area contributed by atoms with Crippen molar-refractivity contribution < 1.29 is 17.9 Å². The van der Waals surface area contributed by atoms with Gasteiger partial charge in [-0.25, -0.2) is 12.7 Å². The summed E-state index contributed by atoms with van der Waals surface area (Å²) >= 11 is 0. The number of sulfonamides is 1. The van der Waals surface area contributed by atoms with E-state index in [1.165, 1.54) is 11.4 Å². The Bertz CT molecular complexity index is 1150. The van der Waals surface area contributed by atoms with Crippen molar-refractivity contribution in [2.75, 3.05) is 63.6 Å². The number of aryl methyl sites for hydroxylation is 2. The molecule has 1 aliphatic rings. The highest BCUT2D eigenvalue weighted by molar-refractivity contribution is 7.89. The molecular formula is C27H42N6O4S. The molecule has 0 spiro atoms. The van der Waals surface area contributed by atoms with Gasteiger partial charge >= 0.3 is 0 Å². The summed E-state index contributed by atoms with van der Waals surface area (Å²) in [6, 6.07) is 7.00. The van der Waals surface area contributed by atoms with Crippen molar-refractivity contribution in [3.63, 3.8) is 0 Å². The molecule has 1 saturated heterocycles. The largest absolute Gasteiger partial charge is 0.497 e. The standard InChI is InChI=1S/C27H42N6O4S/c1-7-32(8-2)19-22-11-15-33(16-12-22)25-10-9-24(29-30-25)28-26(34)13-14-31(5)38(35,36)27-20(3)17-23(37-6)18-21(27)4/h9-10,17-18,22H,7-8,11-16,19H2,1-6H3,(H,28,29,34). The van der Waals surface area contributed by atoms with Gasteiger partial charge in [0, 0.05) is 39.6 Å². The molecule has 0 aliphatic carbocycles. The zero-order valence-corrected chi connectivity index (χ0v) is 24.3. The van der Waals surface area contributed by atoms with E-state index < -0.39 is 10.0 Å². The van der Waals surface area contributed by atoms with Crippen LogP contribution in [0.2, 0.25) is 0 Å². The number of benzene rings is 1. The number of piperidine rings is 1. The molecule has 1 aliphatic heterocycles. The van der Waals surface area contributed by atoms with E-state index in [2.05, 4.69) is 39.2 Å². The molecule has 1 fully saturated rings. The van der Waals surface area contributed by atoms with Gasteiger partial charge in [0.05, 0.1) is 12.0 Å². The van der Waals surface area contributed by atoms with E-state index in [0.29, 0.717) is 28.6 Å². The first-order chi connectivity index (χ1) is 18.1. The molecular weight excluding hydrogens is 504 g/mol. The quantitative estimate of drug-likeness (QED) is 0.432. The van der Waals surface area contributed by atoms with Gasteiger partial charge in [-0.2, -0.15) is 0 Å². The lowest BCUT2D eigenvalue weighted by Gasteiger charge is -2.34. The van der Waals surface area contributed by atoms with Crippen LogP contribution < -0.4 is 15.0 Å². The van der Waals surface area contributed by atoms with Crippen molar-refractivity contribution in [2.45, 2.75) is 51.9 Å². The average molecular weight is 547 g/mol. The highest BCUT2D eigenvalue weighted by Gasteiger charge is 2.26. The van der Waals surface area contributed by atoms with Crippen molar-refractivity contribution in [1.82, 2.24) is 19.4 Å². The normalized spacial score (nSPS) is 14.8. The highest BCUT2D eigenvalue weighted by atomic mass is 32.2. The Balaban J connectivity index is 1.50. The summed E-state index contributed by atoms with van der Waals surface area (Å²) in [6.45, 7) is 13.1. The predicted molar refractivity (Wildman–Crippen MR) is 150 cm³/mol. The van der Waals surface area contributed by atoms with Gasteiger partial charge in [-0.3, -0.25) is 4.79 Å². The number of amides is 1. The van der Waals surface area contributed by atoms with Crippen LogP contribution in [0, 0.1) is 19.8 Å².